The van der Waals surface area contributed by atoms with Gasteiger partial charge in [-0.05, 0) is 58.8 Å². The number of hydrogen-bond acceptors (Lipinski definition) is 4. The summed E-state index contributed by atoms with van der Waals surface area (Å²) in [5, 5.41) is 8.20. The average Bonchev–Trinajstić information content (AvgIpc) is 2.99. The average molecular weight is 357 g/mol. The zero-order valence-electron chi connectivity index (χ0n) is 16.3. The number of hydrogen-bond donors (Lipinski definition) is 1. The first kappa shape index (κ1) is 19.1. The summed E-state index contributed by atoms with van der Waals surface area (Å²) >= 11 is 0. The van der Waals surface area contributed by atoms with Crippen LogP contribution in [0, 0.1) is 6.92 Å². The molecule has 0 spiro atoms. The summed E-state index contributed by atoms with van der Waals surface area (Å²) in [6.07, 6.45) is 5.29. The fourth-order valence-electron chi connectivity index (χ4n) is 3.66. The fraction of sp³-hybridized carbons (Fsp3) is 0.571. The second-order valence-electron chi connectivity index (χ2n) is 7.42. The van der Waals surface area contributed by atoms with Crippen LogP contribution < -0.4 is 5.32 Å². The van der Waals surface area contributed by atoms with Crippen LogP contribution in [0.1, 0.15) is 37.9 Å². The van der Waals surface area contributed by atoms with Crippen LogP contribution >= 0.6 is 0 Å². The number of benzene rings is 1. The molecule has 1 aromatic carbocycles. The van der Waals surface area contributed by atoms with Crippen LogP contribution in [0.3, 0.4) is 0 Å². The Labute approximate surface area is 157 Å². The normalized spacial score (nSPS) is 21.2. The number of nitrogens with zero attached hydrogens (tertiary/aromatic N) is 3. The number of ether oxygens (including phenoxy) is 1. The first-order valence-corrected chi connectivity index (χ1v) is 9.81. The first-order valence-electron chi connectivity index (χ1n) is 9.81. The fourth-order valence-corrected chi connectivity index (χ4v) is 3.66. The molecule has 1 saturated heterocycles. The van der Waals surface area contributed by atoms with E-state index in [-0.39, 0.29) is 0 Å². The van der Waals surface area contributed by atoms with E-state index in [0.29, 0.717) is 12.2 Å². The van der Waals surface area contributed by atoms with E-state index < -0.39 is 0 Å². The molecule has 2 unspecified atom stereocenters. The van der Waals surface area contributed by atoms with Crippen LogP contribution in [0.15, 0.2) is 36.5 Å². The van der Waals surface area contributed by atoms with Gasteiger partial charge >= 0.3 is 0 Å². The van der Waals surface area contributed by atoms with Crippen LogP contribution in [0.2, 0.25) is 0 Å². The molecule has 142 valence electrons. The van der Waals surface area contributed by atoms with Crippen molar-refractivity contribution >= 4 is 0 Å². The number of rotatable bonds is 8. The predicted octanol–water partition coefficient (Wildman–Crippen LogP) is 3.16. The summed E-state index contributed by atoms with van der Waals surface area (Å²) in [5.41, 5.74) is 3.47. The lowest BCUT2D eigenvalue weighted by atomic mass is 10.2. The smallest absolute Gasteiger partial charge is 0.0678 e. The molecule has 5 nitrogen and oxygen atoms in total. The molecule has 0 aliphatic carbocycles. The highest BCUT2D eigenvalue weighted by Crippen LogP contribution is 2.12. The Morgan fingerprint density at radius 3 is 2.58 bits per heavy atom. The van der Waals surface area contributed by atoms with Gasteiger partial charge in [-0.15, -0.1) is 0 Å². The van der Waals surface area contributed by atoms with Gasteiger partial charge in [-0.25, -0.2) is 4.68 Å². The molecule has 0 bridgehead atoms. The van der Waals surface area contributed by atoms with E-state index >= 15 is 0 Å². The Balaban J connectivity index is 1.36. The van der Waals surface area contributed by atoms with Gasteiger partial charge in [-0.2, -0.15) is 5.10 Å². The molecule has 26 heavy (non-hydrogen) atoms. The molecule has 2 atom stereocenters. The molecular formula is C21H32N4O. The van der Waals surface area contributed by atoms with Crippen LogP contribution in [0.4, 0.5) is 0 Å². The Kier molecular flexibility index (Phi) is 6.83. The minimum atomic E-state index is 0.362. The molecule has 5 heteroatoms. The van der Waals surface area contributed by atoms with Crippen molar-refractivity contribution < 1.29 is 4.74 Å². The summed E-state index contributed by atoms with van der Waals surface area (Å²) in [7, 11) is 0. The zero-order valence-corrected chi connectivity index (χ0v) is 16.3. The van der Waals surface area contributed by atoms with Crippen LogP contribution in [0.25, 0.3) is 5.69 Å². The van der Waals surface area contributed by atoms with E-state index in [2.05, 4.69) is 54.4 Å². The lowest BCUT2D eigenvalue weighted by Crippen LogP contribution is -2.45. The maximum Gasteiger partial charge on any atom is 0.0678 e. The number of aryl methyl sites for hydroxylation is 1. The van der Waals surface area contributed by atoms with E-state index in [4.69, 9.17) is 4.74 Å². The molecule has 3 rings (SSSR count). The highest BCUT2D eigenvalue weighted by Gasteiger charge is 2.21. The lowest BCUT2D eigenvalue weighted by molar-refractivity contribution is -0.0681. The SMILES string of the molecule is Cc1nn(-c2ccccc2)cc1CNCCCCN1CC(C)OC(C)C1. The molecule has 2 aromatic rings. The van der Waals surface area contributed by atoms with E-state index in [1.54, 1.807) is 0 Å². The van der Waals surface area contributed by atoms with E-state index in [1.165, 1.54) is 24.9 Å². The van der Waals surface area contributed by atoms with Crippen molar-refractivity contribution in [3.63, 3.8) is 0 Å². The number of morpholine rings is 1. The zero-order chi connectivity index (χ0) is 18.4. The van der Waals surface area contributed by atoms with Crippen molar-refractivity contribution in [2.24, 2.45) is 0 Å². The van der Waals surface area contributed by atoms with E-state index in [9.17, 15) is 0 Å². The van der Waals surface area contributed by atoms with Gasteiger partial charge in [0.25, 0.3) is 0 Å². The van der Waals surface area contributed by atoms with Crippen molar-refractivity contribution in [3.05, 3.63) is 47.8 Å². The predicted molar refractivity (Wildman–Crippen MR) is 106 cm³/mol. The summed E-state index contributed by atoms with van der Waals surface area (Å²) in [5.74, 6) is 0. The van der Waals surface area contributed by atoms with Crippen molar-refractivity contribution in [1.29, 1.82) is 0 Å². The van der Waals surface area contributed by atoms with Crippen molar-refractivity contribution in [1.82, 2.24) is 20.0 Å². The highest BCUT2D eigenvalue weighted by molar-refractivity contribution is 5.32. The van der Waals surface area contributed by atoms with Gasteiger partial charge in [0.2, 0.25) is 0 Å². The third-order valence-electron chi connectivity index (χ3n) is 4.91. The maximum atomic E-state index is 5.79. The van der Waals surface area contributed by atoms with Gasteiger partial charge in [-0.3, -0.25) is 4.90 Å². The molecule has 1 fully saturated rings. The largest absolute Gasteiger partial charge is 0.373 e. The van der Waals surface area contributed by atoms with Crippen LogP contribution in [-0.4, -0.2) is 53.1 Å². The van der Waals surface area contributed by atoms with Gasteiger partial charge in [0.1, 0.15) is 0 Å². The molecule has 0 saturated carbocycles. The Hall–Kier alpha value is -1.69. The van der Waals surface area contributed by atoms with Crippen molar-refractivity contribution in [2.75, 3.05) is 26.2 Å². The van der Waals surface area contributed by atoms with Crippen LogP contribution in [-0.2, 0) is 11.3 Å². The Morgan fingerprint density at radius 1 is 1.12 bits per heavy atom. The Bertz CT molecular complexity index is 660. The summed E-state index contributed by atoms with van der Waals surface area (Å²) in [6, 6.07) is 10.3. The van der Waals surface area contributed by atoms with Gasteiger partial charge < -0.3 is 10.1 Å². The standard InChI is InChI=1S/C21H32N4O/c1-17-14-24(15-18(2)26-17)12-8-7-11-22-13-20-16-25(23-19(20)3)21-9-5-4-6-10-21/h4-6,9-10,16-18,22H,7-8,11-15H2,1-3H3. The second kappa shape index (κ2) is 9.31. The van der Waals surface area contributed by atoms with E-state index in [1.807, 2.05) is 22.9 Å². The molecule has 0 radical (unpaired) electrons. The maximum absolute atomic E-state index is 5.79. The minimum absolute atomic E-state index is 0.362. The summed E-state index contributed by atoms with van der Waals surface area (Å²) in [6.45, 7) is 11.6. The first-order chi connectivity index (χ1) is 12.6. The molecule has 1 N–H and O–H groups in total. The summed E-state index contributed by atoms with van der Waals surface area (Å²) < 4.78 is 7.76. The molecule has 0 amide bonds. The highest BCUT2D eigenvalue weighted by atomic mass is 16.5. The molecule has 1 aromatic heterocycles. The monoisotopic (exact) mass is 356 g/mol. The summed E-state index contributed by atoms with van der Waals surface area (Å²) in [4.78, 5) is 2.53. The third kappa shape index (κ3) is 5.40. The number of aromatic nitrogens is 2. The van der Waals surface area contributed by atoms with E-state index in [0.717, 1.165) is 37.6 Å². The van der Waals surface area contributed by atoms with Gasteiger partial charge in [0.05, 0.1) is 23.6 Å². The molecular weight excluding hydrogens is 324 g/mol. The van der Waals surface area contributed by atoms with Crippen LogP contribution in [0.5, 0.6) is 0 Å². The molecule has 2 heterocycles. The third-order valence-corrected chi connectivity index (χ3v) is 4.91. The lowest BCUT2D eigenvalue weighted by Gasteiger charge is -2.35. The topological polar surface area (TPSA) is 42.3 Å². The van der Waals surface area contributed by atoms with Crippen molar-refractivity contribution in [3.8, 4) is 5.69 Å². The number of para-hydroxylation sites is 1. The molecule has 1 aliphatic rings. The minimum Gasteiger partial charge on any atom is -0.373 e. The van der Waals surface area contributed by atoms with Gasteiger partial charge in [0.15, 0.2) is 0 Å². The number of unbranched alkanes of at least 4 members (excludes halogenated alkanes) is 1. The second-order valence-corrected chi connectivity index (χ2v) is 7.42. The quantitative estimate of drug-likeness (QED) is 0.738. The van der Waals surface area contributed by atoms with Gasteiger partial charge in [-0.1, -0.05) is 18.2 Å². The van der Waals surface area contributed by atoms with Gasteiger partial charge in [0, 0.05) is 31.4 Å². The van der Waals surface area contributed by atoms with Crippen molar-refractivity contribution in [2.45, 2.75) is 52.4 Å². The Morgan fingerprint density at radius 2 is 1.85 bits per heavy atom. The number of nitrogens with one attached hydrogen (secondary N) is 1. The molecule has 1 aliphatic heterocycles.